The third kappa shape index (κ3) is 6.76. The van der Waals surface area contributed by atoms with E-state index in [0.29, 0.717) is 6.42 Å². The summed E-state index contributed by atoms with van der Waals surface area (Å²) in [6, 6.07) is -0.812. The molecule has 0 radical (unpaired) electrons. The maximum absolute atomic E-state index is 12.4. The summed E-state index contributed by atoms with van der Waals surface area (Å²) < 4.78 is 25.2. The maximum atomic E-state index is 12.4. The number of carbonyl (C=O) groups is 1. The Morgan fingerprint density at radius 3 is 2.43 bits per heavy atom. The van der Waals surface area contributed by atoms with Crippen molar-refractivity contribution in [1.29, 1.82) is 0 Å². The molecule has 0 aliphatic heterocycles. The highest BCUT2D eigenvalue weighted by atomic mass is 32.2. The lowest BCUT2D eigenvalue weighted by Gasteiger charge is -2.32. The molecule has 124 valence electrons. The van der Waals surface area contributed by atoms with E-state index in [1.54, 1.807) is 0 Å². The van der Waals surface area contributed by atoms with Gasteiger partial charge in [-0.3, -0.25) is 4.79 Å². The van der Waals surface area contributed by atoms with Crippen LogP contribution in [0.1, 0.15) is 46.0 Å². The van der Waals surface area contributed by atoms with Crippen LogP contribution in [0.15, 0.2) is 0 Å². The van der Waals surface area contributed by atoms with Crippen LogP contribution in [0, 0.1) is 11.8 Å². The zero-order valence-corrected chi connectivity index (χ0v) is 13.9. The van der Waals surface area contributed by atoms with Gasteiger partial charge in [-0.1, -0.05) is 26.7 Å². The van der Waals surface area contributed by atoms with Crippen LogP contribution >= 0.6 is 0 Å². The molecule has 0 aromatic heterocycles. The van der Waals surface area contributed by atoms with Crippen molar-refractivity contribution in [1.82, 2.24) is 10.0 Å². The average molecular weight is 320 g/mol. The van der Waals surface area contributed by atoms with Crippen LogP contribution < -0.4 is 10.0 Å². The summed E-state index contributed by atoms with van der Waals surface area (Å²) in [7, 11) is -3.43. The smallest absolute Gasteiger partial charge is 0.238 e. The fourth-order valence-corrected chi connectivity index (χ4v) is 3.56. The molecule has 3 atom stereocenters. The first kappa shape index (κ1) is 18.4. The number of carbonyl (C=O) groups excluding carboxylic acids is 1. The molecule has 1 saturated carbocycles. The minimum atomic E-state index is -3.43. The maximum Gasteiger partial charge on any atom is 0.238 e. The van der Waals surface area contributed by atoms with Crippen LogP contribution in [-0.4, -0.2) is 44.4 Å². The molecule has 0 spiro atoms. The lowest BCUT2D eigenvalue weighted by atomic mass is 9.85. The highest BCUT2D eigenvalue weighted by Crippen LogP contribution is 2.24. The second-order valence-corrected chi connectivity index (χ2v) is 8.19. The fraction of sp³-hybridized carbons (Fsp3) is 0.929. The summed E-state index contributed by atoms with van der Waals surface area (Å²) in [6.07, 6.45) is 5.34. The van der Waals surface area contributed by atoms with Crippen LogP contribution in [-0.2, 0) is 14.8 Å². The van der Waals surface area contributed by atoms with Gasteiger partial charge in [-0.05, 0) is 25.2 Å². The minimum absolute atomic E-state index is 0.0549. The molecule has 0 saturated heterocycles. The van der Waals surface area contributed by atoms with E-state index < -0.39 is 16.1 Å². The van der Waals surface area contributed by atoms with Gasteiger partial charge in [0.2, 0.25) is 15.9 Å². The number of hydrogen-bond donors (Lipinski definition) is 3. The third-order valence-electron chi connectivity index (χ3n) is 3.85. The number of nitrogens with one attached hydrogen (secondary N) is 2. The number of aliphatic hydroxyl groups is 1. The monoisotopic (exact) mass is 320 g/mol. The summed E-state index contributed by atoms with van der Waals surface area (Å²) in [5.74, 6) is -0.0184. The lowest BCUT2D eigenvalue weighted by Crippen LogP contribution is -2.52. The van der Waals surface area contributed by atoms with E-state index in [-0.39, 0.29) is 30.4 Å². The molecule has 1 aliphatic rings. The highest BCUT2D eigenvalue weighted by molar-refractivity contribution is 7.88. The largest absolute Gasteiger partial charge is 0.396 e. The van der Waals surface area contributed by atoms with Gasteiger partial charge in [0.05, 0.1) is 6.26 Å². The van der Waals surface area contributed by atoms with Gasteiger partial charge in [0.15, 0.2) is 0 Å². The van der Waals surface area contributed by atoms with E-state index in [9.17, 15) is 18.3 Å². The standard InChI is InChI=1S/C14H28N2O4S/c1-10(2)8-13(16-21(3,19)20)14(18)15-12-7-5-4-6-11(12)9-17/h10-13,16-17H,4-9H2,1-3H3,(H,15,18). The Labute approximate surface area is 127 Å². The molecule has 1 amide bonds. The molecular weight excluding hydrogens is 292 g/mol. The lowest BCUT2D eigenvalue weighted by molar-refractivity contribution is -0.124. The van der Waals surface area contributed by atoms with Gasteiger partial charge in [0.1, 0.15) is 6.04 Å². The first-order valence-electron chi connectivity index (χ1n) is 7.61. The summed E-state index contributed by atoms with van der Waals surface area (Å²) >= 11 is 0. The van der Waals surface area contributed by atoms with Crippen molar-refractivity contribution in [2.24, 2.45) is 11.8 Å². The molecule has 21 heavy (non-hydrogen) atoms. The molecule has 7 heteroatoms. The molecule has 1 aliphatic carbocycles. The quantitative estimate of drug-likeness (QED) is 0.641. The Morgan fingerprint density at radius 1 is 1.29 bits per heavy atom. The Kier molecular flexibility index (Phi) is 7.09. The molecule has 0 aromatic rings. The van der Waals surface area contributed by atoms with E-state index in [2.05, 4.69) is 10.0 Å². The fourth-order valence-electron chi connectivity index (χ4n) is 2.84. The van der Waals surface area contributed by atoms with Crippen molar-refractivity contribution < 1.29 is 18.3 Å². The van der Waals surface area contributed by atoms with E-state index in [1.807, 2.05) is 13.8 Å². The second-order valence-electron chi connectivity index (χ2n) is 6.41. The predicted octanol–water partition coefficient (Wildman–Crippen LogP) is 0.618. The van der Waals surface area contributed by atoms with E-state index in [0.717, 1.165) is 31.9 Å². The van der Waals surface area contributed by atoms with Crippen LogP contribution in [0.5, 0.6) is 0 Å². The van der Waals surface area contributed by atoms with Crippen LogP contribution in [0.4, 0.5) is 0 Å². The summed E-state index contributed by atoms with van der Waals surface area (Å²) in [6.45, 7) is 3.95. The molecule has 1 rings (SSSR count). The molecule has 3 unspecified atom stereocenters. The number of aliphatic hydroxyl groups excluding tert-OH is 1. The van der Waals surface area contributed by atoms with E-state index >= 15 is 0 Å². The summed E-state index contributed by atoms with van der Waals surface area (Å²) in [4.78, 5) is 12.4. The molecule has 0 bridgehead atoms. The summed E-state index contributed by atoms with van der Waals surface area (Å²) in [5, 5.41) is 12.3. The predicted molar refractivity (Wildman–Crippen MR) is 82.2 cm³/mol. The number of rotatable bonds is 7. The van der Waals surface area contributed by atoms with Gasteiger partial charge in [0, 0.05) is 18.6 Å². The van der Waals surface area contributed by atoms with Crippen LogP contribution in [0.25, 0.3) is 0 Å². The Morgan fingerprint density at radius 2 is 1.90 bits per heavy atom. The van der Waals surface area contributed by atoms with Gasteiger partial charge in [-0.25, -0.2) is 13.1 Å². The Hall–Kier alpha value is -0.660. The van der Waals surface area contributed by atoms with E-state index in [4.69, 9.17) is 0 Å². The number of sulfonamides is 1. The van der Waals surface area contributed by atoms with Gasteiger partial charge >= 0.3 is 0 Å². The SMILES string of the molecule is CC(C)CC(NS(C)(=O)=O)C(=O)NC1CCCCC1CO. The van der Waals surface area contributed by atoms with Crippen LogP contribution in [0.2, 0.25) is 0 Å². The topological polar surface area (TPSA) is 95.5 Å². The van der Waals surface area contributed by atoms with Crippen molar-refractivity contribution in [3.05, 3.63) is 0 Å². The van der Waals surface area contributed by atoms with Crippen molar-refractivity contribution >= 4 is 15.9 Å². The first-order chi connectivity index (χ1) is 9.73. The minimum Gasteiger partial charge on any atom is -0.396 e. The third-order valence-corrected chi connectivity index (χ3v) is 4.56. The highest BCUT2D eigenvalue weighted by Gasteiger charge is 2.30. The van der Waals surface area contributed by atoms with Crippen molar-refractivity contribution in [3.8, 4) is 0 Å². The van der Waals surface area contributed by atoms with Gasteiger partial charge in [0.25, 0.3) is 0 Å². The van der Waals surface area contributed by atoms with Crippen molar-refractivity contribution in [2.45, 2.75) is 58.0 Å². The molecule has 0 heterocycles. The Bertz CT molecular complexity index is 436. The molecule has 0 aromatic carbocycles. The van der Waals surface area contributed by atoms with Gasteiger partial charge in [-0.15, -0.1) is 0 Å². The zero-order valence-electron chi connectivity index (χ0n) is 13.1. The zero-order chi connectivity index (χ0) is 16.0. The number of hydrogen-bond acceptors (Lipinski definition) is 4. The van der Waals surface area contributed by atoms with Crippen molar-refractivity contribution in [2.75, 3.05) is 12.9 Å². The Balaban J connectivity index is 2.70. The molecule has 1 fully saturated rings. The normalized spacial score (nSPS) is 24.8. The summed E-state index contributed by atoms with van der Waals surface area (Å²) in [5.41, 5.74) is 0. The average Bonchev–Trinajstić information content (AvgIpc) is 2.36. The molecular formula is C14H28N2O4S. The molecule has 6 nitrogen and oxygen atoms in total. The van der Waals surface area contributed by atoms with Gasteiger partial charge in [-0.2, -0.15) is 0 Å². The van der Waals surface area contributed by atoms with E-state index in [1.165, 1.54) is 0 Å². The van der Waals surface area contributed by atoms with Crippen LogP contribution in [0.3, 0.4) is 0 Å². The first-order valence-corrected chi connectivity index (χ1v) is 9.50. The molecule has 3 N–H and O–H groups in total. The van der Waals surface area contributed by atoms with Gasteiger partial charge < -0.3 is 10.4 Å². The number of amides is 1. The van der Waals surface area contributed by atoms with Crippen molar-refractivity contribution in [3.63, 3.8) is 0 Å². The second kappa shape index (κ2) is 8.10.